The Labute approximate surface area is 151 Å². The van der Waals surface area contributed by atoms with E-state index in [4.69, 9.17) is 9.84 Å². The molecular weight excluding hydrogens is 338 g/mol. The Balaban J connectivity index is 2.02. The summed E-state index contributed by atoms with van der Waals surface area (Å²) >= 11 is 1.41. The van der Waals surface area contributed by atoms with E-state index in [1.807, 2.05) is 54.6 Å². The molecule has 2 rings (SSSR count). The third-order valence-corrected chi connectivity index (χ3v) is 4.75. The first kappa shape index (κ1) is 18.9. The van der Waals surface area contributed by atoms with Crippen LogP contribution in [0.15, 0.2) is 59.5 Å². The number of thioether (sulfide) groups is 1. The first-order valence-electron chi connectivity index (χ1n) is 7.87. The minimum absolute atomic E-state index is 0.157. The summed E-state index contributed by atoms with van der Waals surface area (Å²) in [5.74, 6) is -0.396. The molecule has 2 atom stereocenters. The van der Waals surface area contributed by atoms with Gasteiger partial charge in [0.05, 0.1) is 24.8 Å². The number of carbonyl (C=O) groups excluding carboxylic acids is 1. The number of hydrogen-bond acceptors (Lipinski definition) is 4. The number of ether oxygens (including phenoxy) is 1. The van der Waals surface area contributed by atoms with Crippen LogP contribution >= 0.6 is 11.8 Å². The number of benzene rings is 2. The highest BCUT2D eigenvalue weighted by Crippen LogP contribution is 2.26. The average Bonchev–Trinajstić information content (AvgIpc) is 2.62. The van der Waals surface area contributed by atoms with Crippen molar-refractivity contribution >= 4 is 23.6 Å². The van der Waals surface area contributed by atoms with Crippen LogP contribution in [0.4, 0.5) is 0 Å². The van der Waals surface area contributed by atoms with Crippen LogP contribution in [-0.4, -0.2) is 29.3 Å². The summed E-state index contributed by atoms with van der Waals surface area (Å²) < 4.78 is 5.12. The second-order valence-corrected chi connectivity index (χ2v) is 6.92. The largest absolute Gasteiger partial charge is 0.497 e. The fourth-order valence-electron chi connectivity index (χ4n) is 2.31. The molecule has 0 heterocycles. The maximum absolute atomic E-state index is 12.5. The topological polar surface area (TPSA) is 75.6 Å². The lowest BCUT2D eigenvalue weighted by Crippen LogP contribution is -2.35. The number of methoxy groups -OCH3 is 1. The van der Waals surface area contributed by atoms with Gasteiger partial charge in [0.15, 0.2) is 0 Å². The summed E-state index contributed by atoms with van der Waals surface area (Å²) in [5, 5.41) is 11.6. The van der Waals surface area contributed by atoms with E-state index in [0.717, 1.165) is 16.2 Å². The number of carboxylic acid groups (broad SMARTS) is 1. The van der Waals surface area contributed by atoms with Gasteiger partial charge in [0.2, 0.25) is 5.91 Å². The third kappa shape index (κ3) is 5.83. The molecule has 0 aromatic heterocycles. The summed E-state index contributed by atoms with van der Waals surface area (Å²) in [7, 11) is 1.60. The zero-order valence-corrected chi connectivity index (χ0v) is 15.0. The SMILES string of the molecule is COc1ccc(SC(C)C(=O)NC(CC(=O)O)c2ccccc2)cc1. The molecule has 2 aromatic rings. The van der Waals surface area contributed by atoms with Crippen molar-refractivity contribution < 1.29 is 19.4 Å². The zero-order chi connectivity index (χ0) is 18.2. The van der Waals surface area contributed by atoms with E-state index in [9.17, 15) is 9.59 Å². The molecule has 2 N–H and O–H groups in total. The number of hydrogen-bond donors (Lipinski definition) is 2. The van der Waals surface area contributed by atoms with E-state index >= 15 is 0 Å². The van der Waals surface area contributed by atoms with Crippen molar-refractivity contribution in [3.05, 3.63) is 60.2 Å². The summed E-state index contributed by atoms with van der Waals surface area (Å²) in [5.41, 5.74) is 0.778. The Hall–Kier alpha value is -2.47. The molecule has 0 bridgehead atoms. The maximum atomic E-state index is 12.5. The summed E-state index contributed by atoms with van der Waals surface area (Å²) in [6, 6.07) is 16.0. The van der Waals surface area contributed by atoms with Crippen LogP contribution in [0.25, 0.3) is 0 Å². The van der Waals surface area contributed by atoms with Crippen molar-refractivity contribution in [3.8, 4) is 5.75 Å². The second kappa shape index (κ2) is 9.13. The van der Waals surface area contributed by atoms with E-state index in [-0.39, 0.29) is 17.6 Å². The van der Waals surface area contributed by atoms with E-state index < -0.39 is 12.0 Å². The van der Waals surface area contributed by atoms with E-state index in [1.165, 1.54) is 11.8 Å². The normalized spacial score (nSPS) is 12.9. The van der Waals surface area contributed by atoms with Gasteiger partial charge in [-0.2, -0.15) is 0 Å². The molecule has 0 spiro atoms. The zero-order valence-electron chi connectivity index (χ0n) is 14.1. The highest BCUT2D eigenvalue weighted by Gasteiger charge is 2.21. The van der Waals surface area contributed by atoms with Crippen LogP contribution in [0.1, 0.15) is 24.9 Å². The summed E-state index contributed by atoms with van der Waals surface area (Å²) in [6.07, 6.45) is -0.157. The van der Waals surface area contributed by atoms with Crippen LogP contribution in [0, 0.1) is 0 Å². The van der Waals surface area contributed by atoms with E-state index in [2.05, 4.69) is 5.32 Å². The predicted octanol–water partition coefficient (Wildman–Crippen LogP) is 3.51. The Bertz CT molecular complexity index is 703. The van der Waals surface area contributed by atoms with Gasteiger partial charge < -0.3 is 15.2 Å². The molecule has 0 aliphatic heterocycles. The van der Waals surface area contributed by atoms with Gasteiger partial charge in [-0.25, -0.2) is 0 Å². The van der Waals surface area contributed by atoms with Gasteiger partial charge in [-0.3, -0.25) is 9.59 Å². The Kier molecular flexibility index (Phi) is 6.89. The molecule has 0 aliphatic rings. The Morgan fingerprint density at radius 1 is 1.12 bits per heavy atom. The monoisotopic (exact) mass is 359 g/mol. The number of aliphatic carboxylic acids is 1. The lowest BCUT2D eigenvalue weighted by molar-refractivity contribution is -0.137. The molecule has 132 valence electrons. The number of amides is 1. The molecule has 25 heavy (non-hydrogen) atoms. The fraction of sp³-hybridized carbons (Fsp3) is 0.263. The standard InChI is InChI=1S/C19H21NO4S/c1-13(25-16-10-8-15(24-2)9-11-16)19(23)20-17(12-18(21)22)14-6-4-3-5-7-14/h3-11,13,17H,12H2,1-2H3,(H,20,23)(H,21,22). The molecule has 2 aromatic carbocycles. The molecule has 6 heteroatoms. The Morgan fingerprint density at radius 3 is 2.32 bits per heavy atom. The van der Waals surface area contributed by atoms with Crippen molar-refractivity contribution in [1.82, 2.24) is 5.32 Å². The molecule has 0 saturated heterocycles. The average molecular weight is 359 g/mol. The number of carboxylic acids is 1. The second-order valence-electron chi connectivity index (χ2n) is 5.51. The van der Waals surface area contributed by atoms with E-state index in [1.54, 1.807) is 14.0 Å². The van der Waals surface area contributed by atoms with Gasteiger partial charge in [0.25, 0.3) is 0 Å². The van der Waals surface area contributed by atoms with Crippen molar-refractivity contribution in [2.24, 2.45) is 0 Å². The number of nitrogens with one attached hydrogen (secondary N) is 1. The molecule has 0 saturated carbocycles. The summed E-state index contributed by atoms with van der Waals surface area (Å²) in [4.78, 5) is 24.5. The van der Waals surface area contributed by atoms with Gasteiger partial charge in [-0.05, 0) is 36.8 Å². The molecule has 0 aliphatic carbocycles. The van der Waals surface area contributed by atoms with Crippen LogP contribution in [-0.2, 0) is 9.59 Å². The van der Waals surface area contributed by atoms with Crippen LogP contribution < -0.4 is 10.1 Å². The molecule has 1 amide bonds. The maximum Gasteiger partial charge on any atom is 0.305 e. The first-order chi connectivity index (χ1) is 12.0. The van der Waals surface area contributed by atoms with Crippen LogP contribution in [0.5, 0.6) is 5.75 Å². The number of carbonyl (C=O) groups is 2. The van der Waals surface area contributed by atoms with Crippen LogP contribution in [0.2, 0.25) is 0 Å². The fourth-order valence-corrected chi connectivity index (χ4v) is 3.19. The van der Waals surface area contributed by atoms with Crippen molar-refractivity contribution in [2.75, 3.05) is 7.11 Å². The van der Waals surface area contributed by atoms with Gasteiger partial charge >= 0.3 is 5.97 Å². The molecule has 0 fully saturated rings. The van der Waals surface area contributed by atoms with Gasteiger partial charge in [-0.1, -0.05) is 30.3 Å². The highest BCUT2D eigenvalue weighted by molar-refractivity contribution is 8.00. The minimum atomic E-state index is -0.954. The molecule has 5 nitrogen and oxygen atoms in total. The molecule has 2 unspecified atom stereocenters. The summed E-state index contributed by atoms with van der Waals surface area (Å²) in [6.45, 7) is 1.80. The lowest BCUT2D eigenvalue weighted by atomic mass is 10.0. The first-order valence-corrected chi connectivity index (χ1v) is 8.75. The van der Waals surface area contributed by atoms with Crippen molar-refractivity contribution in [3.63, 3.8) is 0 Å². The van der Waals surface area contributed by atoms with Crippen LogP contribution in [0.3, 0.4) is 0 Å². The molecule has 0 radical (unpaired) electrons. The predicted molar refractivity (Wildman–Crippen MR) is 97.9 cm³/mol. The quantitative estimate of drug-likeness (QED) is 0.706. The van der Waals surface area contributed by atoms with Gasteiger partial charge in [0, 0.05) is 4.90 Å². The number of rotatable bonds is 8. The lowest BCUT2D eigenvalue weighted by Gasteiger charge is -2.20. The van der Waals surface area contributed by atoms with Crippen molar-refractivity contribution in [2.45, 2.75) is 29.5 Å². The van der Waals surface area contributed by atoms with E-state index in [0.29, 0.717) is 0 Å². The smallest absolute Gasteiger partial charge is 0.305 e. The molecular formula is C19H21NO4S. The van der Waals surface area contributed by atoms with Gasteiger partial charge in [0.1, 0.15) is 5.75 Å². The highest BCUT2D eigenvalue weighted by atomic mass is 32.2. The van der Waals surface area contributed by atoms with Gasteiger partial charge in [-0.15, -0.1) is 11.8 Å². The minimum Gasteiger partial charge on any atom is -0.497 e. The third-order valence-electron chi connectivity index (χ3n) is 3.64. The Morgan fingerprint density at radius 2 is 1.76 bits per heavy atom. The van der Waals surface area contributed by atoms with Crippen molar-refractivity contribution in [1.29, 1.82) is 0 Å².